The highest BCUT2D eigenvalue weighted by molar-refractivity contribution is 5.28. The molecule has 2 nitrogen and oxygen atoms in total. The fraction of sp³-hybridized carbons (Fsp3) is 0.600. The Balaban J connectivity index is 2.26. The molecule has 1 saturated heterocycles. The maximum atomic E-state index is 13.4. The Morgan fingerprint density at radius 1 is 1.00 bits per heavy atom. The lowest BCUT2D eigenvalue weighted by Crippen LogP contribution is -2.49. The highest BCUT2D eigenvalue weighted by Gasteiger charge is 2.44. The first-order valence-corrected chi connectivity index (χ1v) is 7.01. The Bertz CT molecular complexity index is 420. The largest absolute Gasteiger partial charge is 0.408 e. The van der Waals surface area contributed by atoms with Gasteiger partial charge in [-0.1, -0.05) is 38.1 Å². The van der Waals surface area contributed by atoms with Crippen LogP contribution in [0.25, 0.3) is 0 Å². The van der Waals surface area contributed by atoms with Gasteiger partial charge in [-0.25, -0.2) is 0 Å². The van der Waals surface area contributed by atoms with Gasteiger partial charge in [-0.2, -0.15) is 13.2 Å². The average molecular weight is 286 g/mol. The monoisotopic (exact) mass is 286 g/mol. The molecule has 0 spiro atoms. The van der Waals surface area contributed by atoms with Crippen LogP contribution < -0.4 is 5.32 Å². The molecule has 112 valence electrons. The van der Waals surface area contributed by atoms with Crippen LogP contribution in [-0.4, -0.2) is 37.3 Å². The van der Waals surface area contributed by atoms with Crippen molar-refractivity contribution in [2.45, 2.75) is 32.0 Å². The topological polar surface area (TPSA) is 15.3 Å². The molecule has 0 amide bonds. The van der Waals surface area contributed by atoms with Gasteiger partial charge in [0.1, 0.15) is 6.04 Å². The highest BCUT2D eigenvalue weighted by atomic mass is 19.4. The smallest absolute Gasteiger partial charge is 0.314 e. The number of halogens is 3. The van der Waals surface area contributed by atoms with Gasteiger partial charge in [-0.15, -0.1) is 0 Å². The van der Waals surface area contributed by atoms with Gasteiger partial charge in [-0.05, 0) is 17.0 Å². The van der Waals surface area contributed by atoms with Crippen molar-refractivity contribution in [3.05, 3.63) is 35.4 Å². The number of hydrogen-bond donors (Lipinski definition) is 1. The summed E-state index contributed by atoms with van der Waals surface area (Å²) in [4.78, 5) is 1.51. The Morgan fingerprint density at radius 3 is 1.95 bits per heavy atom. The lowest BCUT2D eigenvalue weighted by atomic mass is 9.98. The minimum absolute atomic E-state index is 0.326. The van der Waals surface area contributed by atoms with Crippen LogP contribution in [0.3, 0.4) is 0 Å². The summed E-state index contributed by atoms with van der Waals surface area (Å²) in [6, 6.07) is 5.36. The second-order valence-electron chi connectivity index (χ2n) is 5.55. The number of alkyl halides is 3. The summed E-state index contributed by atoms with van der Waals surface area (Å²) in [5.41, 5.74) is 1.40. The van der Waals surface area contributed by atoms with E-state index < -0.39 is 12.2 Å². The van der Waals surface area contributed by atoms with Gasteiger partial charge in [-0.3, -0.25) is 4.90 Å². The second-order valence-corrected chi connectivity index (χ2v) is 5.55. The third kappa shape index (κ3) is 3.52. The summed E-state index contributed by atoms with van der Waals surface area (Å²) in [6.45, 7) is 6.14. The predicted molar refractivity (Wildman–Crippen MR) is 73.8 cm³/mol. The standard InChI is InChI=1S/C15H21F3N2/c1-11(2)12-3-5-13(6-4-12)14(15(16,17)18)20-9-7-19-8-10-20/h3-6,11,14,19H,7-10H2,1-2H3/t14-/m1/s1. The fourth-order valence-corrected chi connectivity index (χ4v) is 2.61. The van der Waals surface area contributed by atoms with Crippen molar-refractivity contribution in [2.75, 3.05) is 26.2 Å². The number of nitrogens with zero attached hydrogens (tertiary/aromatic N) is 1. The number of hydrogen-bond acceptors (Lipinski definition) is 2. The lowest BCUT2D eigenvalue weighted by Gasteiger charge is -2.36. The summed E-state index contributed by atoms with van der Waals surface area (Å²) < 4.78 is 40.2. The van der Waals surface area contributed by atoms with Crippen LogP contribution in [0, 0.1) is 0 Å². The molecule has 0 saturated carbocycles. The first-order valence-electron chi connectivity index (χ1n) is 7.01. The van der Waals surface area contributed by atoms with E-state index in [2.05, 4.69) is 5.32 Å². The van der Waals surface area contributed by atoms with E-state index in [4.69, 9.17) is 0 Å². The second kappa shape index (κ2) is 6.14. The van der Waals surface area contributed by atoms with Crippen molar-refractivity contribution in [3.8, 4) is 0 Å². The number of benzene rings is 1. The van der Waals surface area contributed by atoms with E-state index in [9.17, 15) is 13.2 Å². The van der Waals surface area contributed by atoms with E-state index in [0.29, 0.717) is 37.7 Å². The predicted octanol–water partition coefficient (Wildman–Crippen LogP) is 3.32. The minimum atomic E-state index is -4.24. The van der Waals surface area contributed by atoms with Crippen LogP contribution >= 0.6 is 0 Å². The fourth-order valence-electron chi connectivity index (χ4n) is 2.61. The first-order chi connectivity index (χ1) is 9.39. The van der Waals surface area contributed by atoms with Crippen molar-refractivity contribution in [1.29, 1.82) is 0 Å². The molecule has 20 heavy (non-hydrogen) atoms. The number of piperazine rings is 1. The van der Waals surface area contributed by atoms with E-state index in [-0.39, 0.29) is 0 Å². The van der Waals surface area contributed by atoms with Crippen molar-refractivity contribution in [2.24, 2.45) is 0 Å². The van der Waals surface area contributed by atoms with Gasteiger partial charge in [0.25, 0.3) is 0 Å². The van der Waals surface area contributed by atoms with Gasteiger partial charge in [0, 0.05) is 26.2 Å². The van der Waals surface area contributed by atoms with Gasteiger partial charge in [0.2, 0.25) is 0 Å². The maximum absolute atomic E-state index is 13.4. The van der Waals surface area contributed by atoms with Gasteiger partial charge >= 0.3 is 6.18 Å². The van der Waals surface area contributed by atoms with Crippen LogP contribution in [0.2, 0.25) is 0 Å². The van der Waals surface area contributed by atoms with Crippen LogP contribution in [0.15, 0.2) is 24.3 Å². The third-order valence-corrected chi connectivity index (χ3v) is 3.75. The molecule has 2 rings (SSSR count). The van der Waals surface area contributed by atoms with E-state index in [1.807, 2.05) is 13.8 Å². The van der Waals surface area contributed by atoms with Crippen LogP contribution in [0.4, 0.5) is 13.2 Å². The van der Waals surface area contributed by atoms with Gasteiger partial charge in [0.05, 0.1) is 0 Å². The summed E-state index contributed by atoms with van der Waals surface area (Å²) in [6.07, 6.45) is -4.24. The van der Waals surface area contributed by atoms with Crippen molar-refractivity contribution in [1.82, 2.24) is 10.2 Å². The zero-order valence-corrected chi connectivity index (χ0v) is 11.9. The molecule has 0 radical (unpaired) electrons. The van der Waals surface area contributed by atoms with Crippen molar-refractivity contribution in [3.63, 3.8) is 0 Å². The normalized spacial score (nSPS) is 19.3. The van der Waals surface area contributed by atoms with Crippen LogP contribution in [0.5, 0.6) is 0 Å². The Hall–Kier alpha value is -1.07. The summed E-state index contributed by atoms with van der Waals surface area (Å²) >= 11 is 0. The highest BCUT2D eigenvalue weighted by Crippen LogP contribution is 2.38. The first kappa shape index (κ1) is 15.3. The molecule has 1 heterocycles. The molecule has 1 aliphatic rings. The molecule has 1 atom stereocenters. The average Bonchev–Trinajstić information content (AvgIpc) is 2.39. The summed E-state index contributed by atoms with van der Waals surface area (Å²) in [5.74, 6) is 0.326. The van der Waals surface area contributed by atoms with Crippen LogP contribution in [-0.2, 0) is 0 Å². The molecule has 0 aromatic heterocycles. The van der Waals surface area contributed by atoms with E-state index in [0.717, 1.165) is 5.56 Å². The molecule has 0 aliphatic carbocycles. The maximum Gasteiger partial charge on any atom is 0.408 e. The third-order valence-electron chi connectivity index (χ3n) is 3.75. The molecule has 5 heteroatoms. The zero-order chi connectivity index (χ0) is 14.8. The SMILES string of the molecule is CC(C)c1ccc([C@@H](N2CCNCC2)C(F)(F)F)cc1. The Labute approximate surface area is 118 Å². The quantitative estimate of drug-likeness (QED) is 0.917. The van der Waals surface area contributed by atoms with Gasteiger partial charge < -0.3 is 5.32 Å². The summed E-state index contributed by atoms with van der Waals surface area (Å²) in [5, 5.41) is 3.09. The molecule has 1 fully saturated rings. The molecular weight excluding hydrogens is 265 g/mol. The van der Waals surface area contributed by atoms with Crippen LogP contribution in [0.1, 0.15) is 36.9 Å². The molecular formula is C15H21F3N2. The molecule has 0 unspecified atom stereocenters. The van der Waals surface area contributed by atoms with E-state index >= 15 is 0 Å². The molecule has 1 aromatic rings. The van der Waals surface area contributed by atoms with Gasteiger partial charge in [0.15, 0.2) is 0 Å². The minimum Gasteiger partial charge on any atom is -0.314 e. The number of rotatable bonds is 3. The summed E-state index contributed by atoms with van der Waals surface area (Å²) in [7, 11) is 0. The zero-order valence-electron chi connectivity index (χ0n) is 11.9. The lowest BCUT2D eigenvalue weighted by molar-refractivity contribution is -0.187. The number of nitrogens with one attached hydrogen (secondary N) is 1. The van der Waals surface area contributed by atoms with Crippen molar-refractivity contribution < 1.29 is 13.2 Å². The molecule has 1 aromatic carbocycles. The van der Waals surface area contributed by atoms with E-state index in [1.54, 1.807) is 24.3 Å². The Kier molecular flexibility index (Phi) is 4.70. The van der Waals surface area contributed by atoms with Crippen molar-refractivity contribution >= 4 is 0 Å². The Morgan fingerprint density at radius 2 is 1.50 bits per heavy atom. The van der Waals surface area contributed by atoms with E-state index in [1.165, 1.54) is 4.90 Å². The molecule has 0 bridgehead atoms. The molecule has 1 N–H and O–H groups in total. The molecule has 1 aliphatic heterocycles.